The van der Waals surface area contributed by atoms with Crippen molar-refractivity contribution in [2.75, 3.05) is 16.4 Å². The molecule has 0 spiro atoms. The molecule has 0 saturated carbocycles. The molecule has 192 valence electrons. The summed E-state index contributed by atoms with van der Waals surface area (Å²) in [5, 5.41) is 20.1. The molecule has 0 aromatic heterocycles. The van der Waals surface area contributed by atoms with Gasteiger partial charge in [0.2, 0.25) is 5.91 Å². The van der Waals surface area contributed by atoms with Crippen LogP contribution < -0.4 is 16.0 Å². The fourth-order valence-corrected chi connectivity index (χ4v) is 5.38. The fraction of sp³-hybridized carbons (Fsp3) is 0.194. The highest BCUT2D eigenvalue weighted by atomic mass is 32.2. The average Bonchev–Trinajstić information content (AvgIpc) is 2.93. The monoisotopic (exact) mass is 522 g/mol. The Hall–Kier alpha value is -4.28. The second-order valence-electron chi connectivity index (χ2n) is 8.98. The second kappa shape index (κ2) is 12.3. The van der Waals surface area contributed by atoms with Crippen LogP contribution in [0.1, 0.15) is 36.5 Å². The molecule has 2 amide bonds. The van der Waals surface area contributed by atoms with Crippen LogP contribution in [0.25, 0.3) is 0 Å². The summed E-state index contributed by atoms with van der Waals surface area (Å²) in [4.78, 5) is 26.4. The van der Waals surface area contributed by atoms with Gasteiger partial charge in [0.05, 0.1) is 28.3 Å². The van der Waals surface area contributed by atoms with Crippen molar-refractivity contribution in [2.24, 2.45) is 0 Å². The number of nitrogens with one attached hydrogen (secondary N) is 3. The largest absolute Gasteiger partial charge is 0.353 e. The highest BCUT2D eigenvalue weighted by Gasteiger charge is 2.35. The van der Waals surface area contributed by atoms with E-state index in [-0.39, 0.29) is 17.6 Å². The summed E-state index contributed by atoms with van der Waals surface area (Å²) >= 11 is 1.26. The lowest BCUT2D eigenvalue weighted by Gasteiger charge is -2.30. The molecule has 3 N–H and O–H groups in total. The Morgan fingerprint density at radius 3 is 2.26 bits per heavy atom. The van der Waals surface area contributed by atoms with Crippen molar-refractivity contribution in [2.45, 2.75) is 33.1 Å². The summed E-state index contributed by atoms with van der Waals surface area (Å²) in [6.45, 7) is 5.81. The molecule has 0 fully saturated rings. The normalized spacial score (nSPS) is 14.9. The molecule has 0 bridgehead atoms. The van der Waals surface area contributed by atoms with Crippen LogP contribution in [-0.4, -0.2) is 17.6 Å². The molecule has 0 aliphatic carbocycles. The summed E-state index contributed by atoms with van der Waals surface area (Å²) in [6.07, 6.45) is 0.810. The maximum absolute atomic E-state index is 13.6. The summed E-state index contributed by atoms with van der Waals surface area (Å²) < 4.78 is 0. The molecule has 1 atom stereocenters. The number of hydrogen-bond acceptors (Lipinski definition) is 5. The van der Waals surface area contributed by atoms with Gasteiger partial charge in [-0.25, -0.2) is 0 Å². The Bertz CT molecular complexity index is 1450. The van der Waals surface area contributed by atoms with Crippen LogP contribution in [0.5, 0.6) is 0 Å². The first-order valence-electron chi connectivity index (χ1n) is 12.5. The van der Waals surface area contributed by atoms with E-state index >= 15 is 0 Å². The summed E-state index contributed by atoms with van der Waals surface area (Å²) in [7, 11) is 0. The number of thioether (sulfide) groups is 1. The van der Waals surface area contributed by atoms with Gasteiger partial charge in [0.25, 0.3) is 5.91 Å². The molecule has 0 unspecified atom stereocenters. The molecular formula is C31H30N4O2S. The Labute approximate surface area is 227 Å². The van der Waals surface area contributed by atoms with Gasteiger partial charge in [0.15, 0.2) is 0 Å². The van der Waals surface area contributed by atoms with Gasteiger partial charge in [-0.1, -0.05) is 85.4 Å². The van der Waals surface area contributed by atoms with Crippen LogP contribution >= 0.6 is 11.8 Å². The first kappa shape index (κ1) is 26.8. The Morgan fingerprint density at radius 2 is 1.58 bits per heavy atom. The first-order chi connectivity index (χ1) is 18.4. The maximum atomic E-state index is 13.6. The SMILES string of the molecule is CCc1ccccc1NC(=O)CSC1=C(C#N)[C@@H](c2ccccc2)C(C(=O)Nc2ccccc2C)=C(C)N1. The van der Waals surface area contributed by atoms with Crippen LogP contribution in [0.15, 0.2) is 101 Å². The van der Waals surface area contributed by atoms with E-state index in [1.165, 1.54) is 11.8 Å². The molecule has 3 aromatic rings. The number of amides is 2. The Kier molecular flexibility index (Phi) is 8.67. The number of dihydropyridines is 1. The molecule has 1 aliphatic heterocycles. The fourth-order valence-electron chi connectivity index (χ4n) is 4.48. The van der Waals surface area contributed by atoms with Crippen molar-refractivity contribution in [3.8, 4) is 6.07 Å². The number of aryl methyl sites for hydroxylation is 2. The second-order valence-corrected chi connectivity index (χ2v) is 9.96. The molecule has 0 radical (unpaired) electrons. The molecule has 4 rings (SSSR count). The number of carbonyl (C=O) groups excluding carboxylic acids is 2. The lowest BCUT2D eigenvalue weighted by atomic mass is 9.82. The van der Waals surface area contributed by atoms with Crippen molar-refractivity contribution in [3.63, 3.8) is 0 Å². The van der Waals surface area contributed by atoms with E-state index in [1.54, 1.807) is 0 Å². The number of rotatable bonds is 8. The lowest BCUT2D eigenvalue weighted by molar-refractivity contribution is -0.114. The number of nitrogens with zero attached hydrogens (tertiary/aromatic N) is 1. The van der Waals surface area contributed by atoms with Gasteiger partial charge in [0, 0.05) is 22.6 Å². The van der Waals surface area contributed by atoms with Crippen LogP contribution in [-0.2, 0) is 16.0 Å². The summed E-state index contributed by atoms with van der Waals surface area (Å²) in [5.74, 6) is -0.893. The third kappa shape index (κ3) is 5.99. The molecule has 6 nitrogen and oxygen atoms in total. The number of para-hydroxylation sites is 2. The highest BCUT2D eigenvalue weighted by molar-refractivity contribution is 8.03. The zero-order valence-electron chi connectivity index (χ0n) is 21.7. The quantitative estimate of drug-likeness (QED) is 0.324. The van der Waals surface area contributed by atoms with E-state index < -0.39 is 5.92 Å². The highest BCUT2D eigenvalue weighted by Crippen LogP contribution is 2.41. The summed E-state index contributed by atoms with van der Waals surface area (Å²) in [6, 6.07) is 27.1. The van der Waals surface area contributed by atoms with Crippen molar-refractivity contribution < 1.29 is 9.59 Å². The third-order valence-corrected chi connectivity index (χ3v) is 7.46. The number of carbonyl (C=O) groups is 2. The number of nitriles is 1. The van der Waals surface area contributed by atoms with Crippen LogP contribution in [0.4, 0.5) is 11.4 Å². The van der Waals surface area contributed by atoms with Gasteiger partial charge >= 0.3 is 0 Å². The van der Waals surface area contributed by atoms with Crippen molar-refractivity contribution in [1.29, 1.82) is 5.26 Å². The maximum Gasteiger partial charge on any atom is 0.254 e. The zero-order valence-corrected chi connectivity index (χ0v) is 22.5. The van der Waals surface area contributed by atoms with Gasteiger partial charge in [-0.2, -0.15) is 5.26 Å². The predicted molar refractivity (Wildman–Crippen MR) is 154 cm³/mol. The number of anilines is 2. The minimum Gasteiger partial charge on any atom is -0.353 e. The molecular weight excluding hydrogens is 492 g/mol. The van der Waals surface area contributed by atoms with E-state index in [9.17, 15) is 14.9 Å². The smallest absolute Gasteiger partial charge is 0.254 e. The van der Waals surface area contributed by atoms with Gasteiger partial charge in [-0.15, -0.1) is 0 Å². The molecule has 7 heteroatoms. The molecule has 38 heavy (non-hydrogen) atoms. The van der Waals surface area contributed by atoms with E-state index in [0.29, 0.717) is 21.9 Å². The van der Waals surface area contributed by atoms with Crippen LogP contribution in [0.2, 0.25) is 0 Å². The molecule has 1 aliphatic rings. The van der Waals surface area contributed by atoms with Gasteiger partial charge < -0.3 is 16.0 Å². The topological polar surface area (TPSA) is 94.0 Å². The predicted octanol–water partition coefficient (Wildman–Crippen LogP) is 6.26. The van der Waals surface area contributed by atoms with Crippen molar-refractivity contribution in [3.05, 3.63) is 117 Å². The Morgan fingerprint density at radius 1 is 0.921 bits per heavy atom. The molecule has 1 heterocycles. The lowest BCUT2D eigenvalue weighted by Crippen LogP contribution is -2.31. The van der Waals surface area contributed by atoms with Crippen LogP contribution in [0, 0.1) is 18.3 Å². The van der Waals surface area contributed by atoms with E-state index in [4.69, 9.17) is 0 Å². The van der Waals surface area contributed by atoms with Crippen molar-refractivity contribution in [1.82, 2.24) is 5.32 Å². The number of benzene rings is 3. The van der Waals surface area contributed by atoms with Crippen LogP contribution in [0.3, 0.4) is 0 Å². The minimum absolute atomic E-state index is 0.116. The zero-order chi connectivity index (χ0) is 27.1. The van der Waals surface area contributed by atoms with E-state index in [2.05, 4.69) is 22.0 Å². The summed E-state index contributed by atoms with van der Waals surface area (Å²) in [5.41, 5.74) is 5.87. The third-order valence-electron chi connectivity index (χ3n) is 6.44. The molecule has 0 saturated heterocycles. The number of allylic oxidation sites excluding steroid dienone is 2. The van der Waals surface area contributed by atoms with Gasteiger partial charge in [0.1, 0.15) is 0 Å². The standard InChI is InChI=1S/C31H30N4O2S/c1-4-22-13-9-11-17-26(22)34-27(36)19-38-31-24(18-32)29(23-14-6-5-7-15-23)28(21(3)33-31)30(37)35-25-16-10-8-12-20(25)2/h5-17,29,33H,4,19H2,1-3H3,(H,34,36)(H,35,37)/t29-/m1/s1. The first-order valence-corrected chi connectivity index (χ1v) is 13.5. The minimum atomic E-state index is -0.571. The van der Waals surface area contributed by atoms with Gasteiger partial charge in [-0.05, 0) is 49.1 Å². The van der Waals surface area contributed by atoms with E-state index in [1.807, 2.05) is 99.6 Å². The van der Waals surface area contributed by atoms with Crippen molar-refractivity contribution >= 4 is 35.0 Å². The Balaban J connectivity index is 1.62. The molecule has 3 aromatic carbocycles. The average molecular weight is 523 g/mol. The van der Waals surface area contributed by atoms with E-state index in [0.717, 1.165) is 34.5 Å². The number of hydrogen-bond donors (Lipinski definition) is 3. The van der Waals surface area contributed by atoms with Gasteiger partial charge in [-0.3, -0.25) is 9.59 Å².